The van der Waals surface area contributed by atoms with Gasteiger partial charge in [-0.05, 0) is 168 Å². The number of nitrogens with two attached hydrogens (primary N) is 2. The predicted molar refractivity (Wildman–Crippen MR) is 457 cm³/mol. The fourth-order valence-corrected chi connectivity index (χ4v) is 12.1. The van der Waals surface area contributed by atoms with Gasteiger partial charge in [0.15, 0.2) is 25.1 Å². The van der Waals surface area contributed by atoms with Crippen molar-refractivity contribution in [2.45, 2.75) is 36.5 Å². The number of phenols is 2. The zero-order chi connectivity index (χ0) is 91.9. The van der Waals surface area contributed by atoms with Crippen molar-refractivity contribution in [1.29, 1.82) is 0 Å². The highest BCUT2D eigenvalue weighted by Crippen LogP contribution is 2.36. The summed E-state index contributed by atoms with van der Waals surface area (Å²) in [7, 11) is -20.8. The second kappa shape index (κ2) is 50.3. The minimum Gasteiger partial charge on any atom is -0.508 e. The Labute approximate surface area is 716 Å². The van der Waals surface area contributed by atoms with Crippen molar-refractivity contribution in [1.82, 2.24) is 0 Å². The molecule has 0 radical (unpaired) electrons. The van der Waals surface area contributed by atoms with Crippen molar-refractivity contribution in [3.8, 4) is 50.6 Å². The van der Waals surface area contributed by atoms with E-state index in [2.05, 4.69) is 58.0 Å². The van der Waals surface area contributed by atoms with Crippen molar-refractivity contribution in [3.63, 3.8) is 0 Å². The summed E-state index contributed by atoms with van der Waals surface area (Å²) in [6.45, 7) is 11.3. The molecule has 23 nitrogen and oxygen atoms in total. The number of ether oxygens (including phenoxy) is 1. The summed E-state index contributed by atoms with van der Waals surface area (Å²) >= 11 is 3.12. The first-order valence-electron chi connectivity index (χ1n) is 34.8. The lowest BCUT2D eigenvalue weighted by Gasteiger charge is -2.10. The van der Waals surface area contributed by atoms with Crippen LogP contribution in [0.4, 0.5) is 45.2 Å². The van der Waals surface area contributed by atoms with Gasteiger partial charge in [0.25, 0.3) is 5.91 Å². The Morgan fingerprint density at radius 1 is 0.452 bits per heavy atom. The summed E-state index contributed by atoms with van der Waals surface area (Å²) in [6, 6.07) is 75.0. The third-order valence-electron chi connectivity index (χ3n) is 15.8. The molecule has 9 N–H and O–H groups in total. The van der Waals surface area contributed by atoms with Gasteiger partial charge < -0.3 is 45.8 Å². The zero-order valence-corrected chi connectivity index (χ0v) is 67.8. The van der Waals surface area contributed by atoms with E-state index >= 15 is 0 Å². The van der Waals surface area contributed by atoms with Gasteiger partial charge in [-0.25, -0.2) is 0 Å². The van der Waals surface area contributed by atoms with Gasteiger partial charge in [0, 0.05) is 50.1 Å². The van der Waals surface area contributed by atoms with Crippen LogP contribution < -0.4 is 21.1 Å². The highest BCUT2D eigenvalue weighted by atomic mass is 79.9. The number of anilines is 1. The third kappa shape index (κ3) is 33.7. The van der Waals surface area contributed by atoms with Crippen molar-refractivity contribution in [3.05, 3.63) is 346 Å². The van der Waals surface area contributed by atoms with Crippen LogP contribution in [0.15, 0.2) is 279 Å². The Kier molecular flexibility index (Phi) is 42.7. The number of alkyl halides is 9. The highest BCUT2D eigenvalue weighted by molar-refractivity contribution is 9.10. The number of halogens is 10. The van der Waals surface area contributed by atoms with E-state index in [1.54, 1.807) is 72.8 Å². The van der Waals surface area contributed by atoms with Crippen LogP contribution >= 0.6 is 15.9 Å². The van der Waals surface area contributed by atoms with Gasteiger partial charge in [-0.15, -0.1) is 3.63 Å². The number of epoxide rings is 1. The molecular formula is C87H77BBrF9N2O21S3. The molecule has 1 heterocycles. The van der Waals surface area contributed by atoms with Crippen LogP contribution in [-0.4, -0.2) is 131 Å². The second-order valence-electron chi connectivity index (χ2n) is 24.2. The molecular weight excluding hydrogens is 1770 g/mol. The number of benzene rings is 11. The molecule has 1 amide bonds. The van der Waals surface area contributed by atoms with Gasteiger partial charge in [0.05, 0.1) is 12.2 Å². The minimum absolute atomic E-state index is 0. The zero-order valence-electron chi connectivity index (χ0n) is 63.8. The van der Waals surface area contributed by atoms with Gasteiger partial charge in [-0.1, -0.05) is 221 Å². The molecule has 1 atom stereocenters. The van der Waals surface area contributed by atoms with E-state index in [9.17, 15) is 98.3 Å². The Hall–Kier alpha value is -13.1. The number of phenolic OH excluding ortho intramolecular Hbond substituents is 2. The monoisotopic (exact) mass is 1840 g/mol. The van der Waals surface area contributed by atoms with E-state index in [0.717, 1.165) is 112 Å². The van der Waals surface area contributed by atoms with Crippen LogP contribution in [0, 0.1) is 0 Å². The predicted octanol–water partition coefficient (Wildman–Crippen LogP) is 17.0. The van der Waals surface area contributed by atoms with Crippen LogP contribution in [0.5, 0.6) is 17.2 Å². The summed E-state index contributed by atoms with van der Waals surface area (Å²) in [5.74, 6) is -0.742. The summed E-state index contributed by atoms with van der Waals surface area (Å²) in [4.78, 5) is 74.3. The number of hydrogen-bond acceptors (Lipinski definition) is 22. The van der Waals surface area contributed by atoms with Crippen molar-refractivity contribution in [2.24, 2.45) is 5.73 Å². The molecule has 0 aromatic heterocycles. The number of hydrogen-bond donors (Lipinski definition) is 7. The number of primary amides is 1. The van der Waals surface area contributed by atoms with Gasteiger partial charge in [-0.2, -0.15) is 64.8 Å². The summed E-state index contributed by atoms with van der Waals surface area (Å²) in [6.07, 6.45) is 9.54. The maximum Gasteiger partial charge on any atom is 0.534 e. The van der Waals surface area contributed by atoms with Crippen molar-refractivity contribution < 1.29 is 136 Å². The van der Waals surface area contributed by atoms with Crippen LogP contribution in [0.1, 0.15) is 114 Å². The molecule has 0 saturated carbocycles. The molecule has 1 unspecified atom stereocenters. The number of aromatic hydroxyl groups is 2. The minimum atomic E-state index is -6.85. The normalized spacial score (nSPS) is 11.6. The van der Waals surface area contributed by atoms with Crippen LogP contribution in [0.2, 0.25) is 0 Å². The fourth-order valence-electron chi connectivity index (χ4n) is 9.60. The van der Waals surface area contributed by atoms with Gasteiger partial charge >= 0.3 is 54.0 Å². The molecule has 1 aliphatic rings. The molecule has 1 fully saturated rings. The maximum atomic E-state index is 12.1. The number of aliphatic hydroxyl groups excluding tert-OH is 1. The average molecular weight is 1840 g/mol. The van der Waals surface area contributed by atoms with Gasteiger partial charge in [0.1, 0.15) is 35.9 Å². The van der Waals surface area contributed by atoms with Gasteiger partial charge in [0.2, 0.25) is 0 Å². The van der Waals surface area contributed by atoms with E-state index in [1.807, 2.05) is 131 Å². The molecule has 0 aliphatic carbocycles. The number of carbonyl (C=O) groups excluding carboxylic acids is 7. The summed E-state index contributed by atoms with van der Waals surface area (Å²) in [5, 5.41) is 44.0. The van der Waals surface area contributed by atoms with E-state index in [-0.39, 0.29) is 42.8 Å². The number of amides is 1. The quantitative estimate of drug-likeness (QED) is 0.00668. The number of aliphatic hydroxyl groups is 1. The number of carbonyl (C=O) groups is 7. The highest BCUT2D eigenvalue weighted by Gasteiger charge is 2.57. The molecule has 1 aliphatic heterocycles. The first-order chi connectivity index (χ1) is 58.0. The SMILES string of the molecule is C.C=Cc1cc(-c2ccccc2)ccc1C=O.C=Cc1cc(O)ccc1C=O.C=Cc1cc(OS(=O)(=O)C(F)(F)F)ccc1C=O.NC(=O)c1ccccc1N.O=Cc1ccc(-c2ccccc2)cc1C1CO1.O=Cc1ccc(-c2ccccc2)cc1CCO.O=Cc1ccc(O)cc1Br.O=S(=O)(OS(=O)(=O)C(F)(F)F)C(F)(F)F.OB(O)c1ccccc1. The first-order valence-corrected chi connectivity index (χ1v) is 39.8. The van der Waals surface area contributed by atoms with Crippen LogP contribution in [0.3, 0.4) is 0 Å². The largest absolute Gasteiger partial charge is 0.534 e. The van der Waals surface area contributed by atoms with Crippen LogP contribution in [0.25, 0.3) is 51.6 Å². The number of aldehydes is 6. The number of rotatable bonds is 21. The lowest BCUT2D eigenvalue weighted by molar-refractivity contribution is -0.0586. The fraction of sp³-hybridized carbons (Fsp3) is 0.0920. The van der Waals surface area contributed by atoms with E-state index in [4.69, 9.17) is 41.6 Å². The summed E-state index contributed by atoms with van der Waals surface area (Å²) in [5.41, 5.74) is 7.30. The second-order valence-corrected chi connectivity index (χ2v) is 29.9. The van der Waals surface area contributed by atoms with Crippen LogP contribution in [-0.2, 0) is 45.1 Å². The molecule has 0 bridgehead atoms. The molecule has 11 aromatic rings. The molecule has 11 aromatic carbocycles. The Morgan fingerprint density at radius 3 is 1.18 bits per heavy atom. The Bertz CT molecular complexity index is 5740. The van der Waals surface area contributed by atoms with Crippen molar-refractivity contribution >= 4 is 126 Å². The molecule has 12 rings (SSSR count). The smallest absolute Gasteiger partial charge is 0.508 e. The molecule has 0 spiro atoms. The topological polar surface area (TPSA) is 406 Å². The maximum absolute atomic E-state index is 12.1. The number of para-hydroxylation sites is 1. The van der Waals surface area contributed by atoms with Crippen molar-refractivity contribution in [2.75, 3.05) is 18.9 Å². The van der Waals surface area contributed by atoms with E-state index < -0.39 is 65.7 Å². The standard InChI is InChI=1S/C15H12O2.C15H14O2.C15H12O.C10H7F3O4S.C9H8O2.C7H5BrO2.C7H8N2O.C6H7BO2.C2F6O5S2.CH4/c16-9-13-7-6-12(8-14(13)15-10-17-15)11-4-2-1-3-5-11;16-9-8-14-10-13(6-7-15(14)11-17)12-4-2-1-3-5-12;1-2-12-10-14(8-9-15(12)11-16)13-6-4-3-5-7-13;1-2-7-5-9(4-3-8(7)6-14)17-18(15,16)10(11,12)13;1-2-7-5-9(11)4-3-8(7)6-10;8-7-3-6(10)2-1-5(7)4-9;8-6-4-2-1-3-5(6)7(9)10;8-7(9)6-4-2-1-3-5-6;3-1(4,5)14(9,10)13-15(11,12)2(6,7)8;/h1-9,15H,10H2;1-7,10-11,16H,8-9H2;2-11H,1H2;2-6H,1H2;2-6,11H,1H2;1-4,10H;1-4H,8H2,(H2,9,10);1-5,8-9H;;1H4. The molecule has 37 heteroatoms. The molecule has 1 saturated heterocycles. The van der Waals surface area contributed by atoms with E-state index in [0.29, 0.717) is 61.7 Å². The molecule has 652 valence electrons. The lowest BCUT2D eigenvalue weighted by atomic mass is 9.81. The third-order valence-corrected chi connectivity index (χ3v) is 20.0. The molecule has 124 heavy (non-hydrogen) atoms. The Balaban J connectivity index is 0.000000363. The Morgan fingerprint density at radius 2 is 0.806 bits per heavy atom. The number of nitrogen functional groups attached to an aromatic ring is 1. The summed E-state index contributed by atoms with van der Waals surface area (Å²) < 4.78 is 177. The van der Waals surface area contributed by atoms with E-state index in [1.165, 1.54) is 36.4 Å². The lowest BCUT2D eigenvalue weighted by Crippen LogP contribution is -2.34. The first kappa shape index (κ1) is 105. The van der Waals surface area contributed by atoms with Gasteiger partial charge in [-0.3, -0.25) is 33.6 Å². The average Bonchev–Trinajstić information content (AvgIpc) is 1.60.